The standard InChI is InChI=1S/C28H21ClN4/c1-3-9-19(4-2)17-32-28-26-23(21-10-6-5-7-11-21)12-8-13-24(26)25(27(29)33-28)22-14-20(15-30)16-31-18-22/h3-14,16,18H,1-2,17H2,(H,32,33)/b19-9+. The summed E-state index contributed by atoms with van der Waals surface area (Å²) in [6.07, 6.45) is 8.64. The topological polar surface area (TPSA) is 61.6 Å². The lowest BCUT2D eigenvalue weighted by Gasteiger charge is -2.17. The van der Waals surface area contributed by atoms with Crippen LogP contribution < -0.4 is 5.32 Å². The minimum Gasteiger partial charge on any atom is -0.365 e. The average Bonchev–Trinajstić information content (AvgIpc) is 2.86. The minimum atomic E-state index is 0.333. The van der Waals surface area contributed by atoms with Crippen molar-refractivity contribution in [3.63, 3.8) is 0 Å². The van der Waals surface area contributed by atoms with Gasteiger partial charge in [-0.05, 0) is 28.2 Å². The molecule has 0 aliphatic carbocycles. The summed E-state index contributed by atoms with van der Waals surface area (Å²) in [7, 11) is 0. The molecule has 4 rings (SSSR count). The van der Waals surface area contributed by atoms with Crippen molar-refractivity contribution in [3.8, 4) is 28.3 Å². The van der Waals surface area contributed by atoms with E-state index in [9.17, 15) is 5.26 Å². The van der Waals surface area contributed by atoms with Crippen LogP contribution in [0.15, 0.2) is 104 Å². The molecule has 0 aliphatic heterocycles. The van der Waals surface area contributed by atoms with E-state index in [1.54, 1.807) is 24.4 Å². The maximum absolute atomic E-state index is 9.35. The van der Waals surface area contributed by atoms with Crippen LogP contribution in [0.5, 0.6) is 0 Å². The van der Waals surface area contributed by atoms with Gasteiger partial charge >= 0.3 is 0 Å². The van der Waals surface area contributed by atoms with Crippen molar-refractivity contribution in [3.05, 3.63) is 115 Å². The summed E-state index contributed by atoms with van der Waals surface area (Å²) in [4.78, 5) is 8.96. The summed E-state index contributed by atoms with van der Waals surface area (Å²) in [5, 5.41) is 15.0. The monoisotopic (exact) mass is 448 g/mol. The zero-order valence-electron chi connectivity index (χ0n) is 17.9. The summed E-state index contributed by atoms with van der Waals surface area (Å²) in [5.74, 6) is 0.666. The van der Waals surface area contributed by atoms with Crippen LogP contribution in [0.1, 0.15) is 5.56 Å². The Bertz CT molecular complexity index is 1420. The Morgan fingerprint density at radius 3 is 2.61 bits per heavy atom. The number of fused-ring (bicyclic) bond motifs is 1. The highest BCUT2D eigenvalue weighted by Gasteiger charge is 2.18. The number of anilines is 1. The average molecular weight is 449 g/mol. The Balaban J connectivity index is 1.99. The maximum Gasteiger partial charge on any atom is 0.140 e. The summed E-state index contributed by atoms with van der Waals surface area (Å²) in [5.41, 5.74) is 5.01. The van der Waals surface area contributed by atoms with Crippen molar-refractivity contribution in [2.75, 3.05) is 11.9 Å². The van der Waals surface area contributed by atoms with E-state index in [-0.39, 0.29) is 0 Å². The number of nitrogens with zero attached hydrogens (tertiary/aromatic N) is 3. The number of allylic oxidation sites excluding steroid dienone is 2. The van der Waals surface area contributed by atoms with Crippen molar-refractivity contribution in [2.45, 2.75) is 0 Å². The number of halogens is 1. The molecular weight excluding hydrogens is 428 g/mol. The lowest BCUT2D eigenvalue weighted by atomic mass is 9.94. The van der Waals surface area contributed by atoms with Crippen molar-refractivity contribution >= 4 is 28.2 Å². The number of rotatable bonds is 7. The first kappa shape index (κ1) is 22.0. The molecule has 0 atom stereocenters. The molecule has 0 aliphatic rings. The molecule has 0 amide bonds. The molecule has 0 saturated heterocycles. The third-order valence-electron chi connectivity index (χ3n) is 5.28. The van der Waals surface area contributed by atoms with E-state index < -0.39 is 0 Å². The molecule has 1 N–H and O–H groups in total. The smallest absolute Gasteiger partial charge is 0.140 e. The van der Waals surface area contributed by atoms with Gasteiger partial charge in [-0.1, -0.05) is 91.5 Å². The van der Waals surface area contributed by atoms with Gasteiger partial charge in [-0.2, -0.15) is 5.26 Å². The first-order chi connectivity index (χ1) is 16.2. The van der Waals surface area contributed by atoms with Crippen molar-refractivity contribution in [2.24, 2.45) is 0 Å². The predicted molar refractivity (Wildman–Crippen MR) is 137 cm³/mol. The normalized spacial score (nSPS) is 11.1. The minimum absolute atomic E-state index is 0.333. The molecule has 2 aromatic carbocycles. The van der Waals surface area contributed by atoms with Crippen molar-refractivity contribution < 1.29 is 0 Å². The Labute approximate surface area is 198 Å². The molecule has 2 heterocycles. The molecule has 33 heavy (non-hydrogen) atoms. The van der Waals surface area contributed by atoms with Crippen LogP contribution in [-0.2, 0) is 0 Å². The number of nitriles is 1. The van der Waals surface area contributed by atoms with Crippen molar-refractivity contribution in [1.29, 1.82) is 5.26 Å². The van der Waals surface area contributed by atoms with Gasteiger partial charge < -0.3 is 5.32 Å². The van der Waals surface area contributed by atoms with Crippen LogP contribution in [0, 0.1) is 11.3 Å². The Morgan fingerprint density at radius 2 is 1.88 bits per heavy atom. The van der Waals surface area contributed by atoms with Crippen LogP contribution in [0.25, 0.3) is 33.0 Å². The van der Waals surface area contributed by atoms with E-state index in [4.69, 9.17) is 16.6 Å². The van der Waals surface area contributed by atoms with Gasteiger partial charge in [-0.25, -0.2) is 4.98 Å². The van der Waals surface area contributed by atoms with E-state index in [0.717, 1.165) is 38.6 Å². The van der Waals surface area contributed by atoms with Crippen LogP contribution in [0.3, 0.4) is 0 Å². The third kappa shape index (κ3) is 4.55. The largest absolute Gasteiger partial charge is 0.365 e. The van der Waals surface area contributed by atoms with Crippen LogP contribution in [-0.4, -0.2) is 16.5 Å². The molecule has 0 unspecified atom stereocenters. The summed E-state index contributed by atoms with van der Waals surface area (Å²) in [6.45, 7) is 8.15. The molecule has 4 nitrogen and oxygen atoms in total. The summed E-state index contributed by atoms with van der Waals surface area (Å²) < 4.78 is 0. The van der Waals surface area contributed by atoms with Gasteiger partial charge in [-0.15, -0.1) is 0 Å². The molecule has 0 saturated carbocycles. The Morgan fingerprint density at radius 1 is 1.06 bits per heavy atom. The van der Waals surface area contributed by atoms with Crippen molar-refractivity contribution in [1.82, 2.24) is 9.97 Å². The molecule has 0 spiro atoms. The fraction of sp³-hybridized carbons (Fsp3) is 0.0357. The molecule has 0 radical (unpaired) electrons. The van der Waals surface area contributed by atoms with Gasteiger partial charge in [0, 0.05) is 35.5 Å². The quantitative estimate of drug-likeness (QED) is 0.240. The number of aromatic nitrogens is 2. The third-order valence-corrected chi connectivity index (χ3v) is 5.56. The highest BCUT2D eigenvalue weighted by molar-refractivity contribution is 6.34. The lowest BCUT2D eigenvalue weighted by Crippen LogP contribution is -2.07. The van der Waals surface area contributed by atoms with Crippen LogP contribution in [0.2, 0.25) is 5.15 Å². The fourth-order valence-electron chi connectivity index (χ4n) is 3.77. The molecule has 4 aromatic rings. The second-order valence-electron chi connectivity index (χ2n) is 7.33. The zero-order chi connectivity index (χ0) is 23.2. The zero-order valence-corrected chi connectivity index (χ0v) is 18.7. The van der Waals surface area contributed by atoms with E-state index in [1.165, 1.54) is 6.20 Å². The van der Waals surface area contributed by atoms with Gasteiger partial charge in [-0.3, -0.25) is 4.98 Å². The Hall–Kier alpha value is -4.20. The molecule has 2 aromatic heterocycles. The number of hydrogen-bond acceptors (Lipinski definition) is 4. The second-order valence-corrected chi connectivity index (χ2v) is 7.69. The molecule has 160 valence electrons. The van der Waals surface area contributed by atoms with E-state index >= 15 is 0 Å². The second kappa shape index (κ2) is 9.95. The molecule has 0 bridgehead atoms. The molecule has 5 heteroatoms. The predicted octanol–water partition coefficient (Wildman–Crippen LogP) is 7.20. The van der Waals surface area contributed by atoms with E-state index in [0.29, 0.717) is 23.1 Å². The van der Waals surface area contributed by atoms with E-state index in [2.05, 4.69) is 47.7 Å². The van der Waals surface area contributed by atoms with Gasteiger partial charge in [0.05, 0.1) is 5.56 Å². The Kier molecular flexibility index (Phi) is 6.64. The SMILES string of the molecule is C=C/C=C(\C=C)CNc1nc(Cl)c(-c2cncc(C#N)c2)c2cccc(-c3ccccc3)c12. The highest BCUT2D eigenvalue weighted by atomic mass is 35.5. The number of hydrogen-bond donors (Lipinski definition) is 1. The van der Waals surface area contributed by atoms with Gasteiger partial charge in [0.15, 0.2) is 0 Å². The summed E-state index contributed by atoms with van der Waals surface area (Å²) in [6, 6.07) is 20.1. The van der Waals surface area contributed by atoms with Gasteiger partial charge in [0.2, 0.25) is 0 Å². The summed E-state index contributed by atoms with van der Waals surface area (Å²) >= 11 is 6.73. The number of nitrogens with one attached hydrogen (secondary N) is 1. The maximum atomic E-state index is 9.35. The van der Waals surface area contributed by atoms with Gasteiger partial charge in [0.1, 0.15) is 17.0 Å². The van der Waals surface area contributed by atoms with E-state index in [1.807, 2.05) is 36.4 Å². The molecule has 0 fully saturated rings. The first-order valence-corrected chi connectivity index (χ1v) is 10.7. The van der Waals surface area contributed by atoms with Crippen LogP contribution in [0.4, 0.5) is 5.82 Å². The number of benzene rings is 2. The van der Waals surface area contributed by atoms with Gasteiger partial charge in [0.25, 0.3) is 0 Å². The van der Waals surface area contributed by atoms with Crippen LogP contribution >= 0.6 is 11.6 Å². The number of pyridine rings is 2. The first-order valence-electron chi connectivity index (χ1n) is 10.4. The molecular formula is C28H21ClN4. The fourth-order valence-corrected chi connectivity index (χ4v) is 4.07. The highest BCUT2D eigenvalue weighted by Crippen LogP contribution is 2.41. The lowest BCUT2D eigenvalue weighted by molar-refractivity contribution is 1.21.